The van der Waals surface area contributed by atoms with E-state index >= 15 is 0 Å². The van der Waals surface area contributed by atoms with Crippen LogP contribution in [-0.4, -0.2) is 53.5 Å². The SMILES string of the molecule is C=C\C=C(/N=C(\C=C(/N)C(=O)N1CCN(C(=O)c2cccc(F)c2)CC1)CCC)c1ccc(CC)c(CC)c1. The highest BCUT2D eigenvalue weighted by Crippen LogP contribution is 2.22. The second-order valence-corrected chi connectivity index (χ2v) is 9.53. The summed E-state index contributed by atoms with van der Waals surface area (Å²) >= 11 is 0. The first-order chi connectivity index (χ1) is 18.8. The minimum absolute atomic E-state index is 0.112. The van der Waals surface area contributed by atoms with Crippen LogP contribution in [0.25, 0.3) is 5.70 Å². The van der Waals surface area contributed by atoms with Crippen LogP contribution in [0.4, 0.5) is 4.39 Å². The molecule has 39 heavy (non-hydrogen) atoms. The lowest BCUT2D eigenvalue weighted by Gasteiger charge is -2.34. The molecule has 6 nitrogen and oxygen atoms in total. The van der Waals surface area contributed by atoms with Gasteiger partial charge in [0.1, 0.15) is 5.82 Å². The van der Waals surface area contributed by atoms with Crippen LogP contribution in [0.1, 0.15) is 60.7 Å². The zero-order valence-corrected chi connectivity index (χ0v) is 23.3. The van der Waals surface area contributed by atoms with Crippen molar-refractivity contribution >= 4 is 23.2 Å². The molecule has 1 fully saturated rings. The number of carbonyl (C=O) groups excluding carboxylic acids is 2. The number of aryl methyl sites for hydroxylation is 2. The van der Waals surface area contributed by atoms with E-state index in [9.17, 15) is 14.0 Å². The van der Waals surface area contributed by atoms with Gasteiger partial charge in [0, 0.05) is 43.0 Å². The molecule has 1 heterocycles. The second-order valence-electron chi connectivity index (χ2n) is 9.53. The summed E-state index contributed by atoms with van der Waals surface area (Å²) in [7, 11) is 0. The molecule has 2 aromatic carbocycles. The number of halogens is 1. The van der Waals surface area contributed by atoms with Crippen LogP contribution in [0.3, 0.4) is 0 Å². The van der Waals surface area contributed by atoms with E-state index in [-0.39, 0.29) is 17.5 Å². The molecule has 0 aliphatic carbocycles. The van der Waals surface area contributed by atoms with Crippen molar-refractivity contribution in [2.24, 2.45) is 10.7 Å². The minimum Gasteiger partial charge on any atom is -0.394 e. The van der Waals surface area contributed by atoms with E-state index < -0.39 is 5.82 Å². The van der Waals surface area contributed by atoms with Crippen LogP contribution in [0.5, 0.6) is 0 Å². The number of nitrogens with zero attached hydrogens (tertiary/aromatic N) is 3. The zero-order chi connectivity index (χ0) is 28.4. The number of rotatable bonds is 10. The molecule has 1 saturated heterocycles. The fourth-order valence-corrected chi connectivity index (χ4v) is 4.68. The summed E-state index contributed by atoms with van der Waals surface area (Å²) in [5.41, 5.74) is 11.8. The summed E-state index contributed by atoms with van der Waals surface area (Å²) in [6.45, 7) is 11.6. The molecule has 2 N–H and O–H groups in total. The van der Waals surface area contributed by atoms with Gasteiger partial charge in [-0.2, -0.15) is 0 Å². The quantitative estimate of drug-likeness (QED) is 0.249. The van der Waals surface area contributed by atoms with Crippen molar-refractivity contribution in [3.63, 3.8) is 0 Å². The average molecular weight is 531 g/mol. The summed E-state index contributed by atoms with van der Waals surface area (Å²) in [5, 5.41) is 0. The van der Waals surface area contributed by atoms with Gasteiger partial charge in [0.15, 0.2) is 0 Å². The third-order valence-electron chi connectivity index (χ3n) is 6.80. The lowest BCUT2D eigenvalue weighted by molar-refractivity contribution is -0.128. The van der Waals surface area contributed by atoms with Crippen molar-refractivity contribution < 1.29 is 14.0 Å². The van der Waals surface area contributed by atoms with E-state index in [1.165, 1.54) is 29.3 Å². The smallest absolute Gasteiger partial charge is 0.269 e. The predicted molar refractivity (Wildman–Crippen MR) is 157 cm³/mol. The van der Waals surface area contributed by atoms with E-state index in [4.69, 9.17) is 10.7 Å². The molecule has 0 atom stereocenters. The third kappa shape index (κ3) is 7.76. The van der Waals surface area contributed by atoms with Gasteiger partial charge in [0.2, 0.25) is 0 Å². The van der Waals surface area contributed by atoms with Crippen LogP contribution in [0.2, 0.25) is 0 Å². The normalized spacial score (nSPS) is 14.9. The van der Waals surface area contributed by atoms with Gasteiger partial charge in [-0.1, -0.05) is 58.0 Å². The third-order valence-corrected chi connectivity index (χ3v) is 6.80. The largest absolute Gasteiger partial charge is 0.394 e. The maximum Gasteiger partial charge on any atom is 0.269 e. The molecule has 2 amide bonds. The summed E-state index contributed by atoms with van der Waals surface area (Å²) in [6.07, 6.45) is 8.66. The van der Waals surface area contributed by atoms with Crippen LogP contribution < -0.4 is 5.73 Å². The van der Waals surface area contributed by atoms with Gasteiger partial charge in [-0.15, -0.1) is 0 Å². The Morgan fingerprint density at radius 1 is 0.974 bits per heavy atom. The van der Waals surface area contributed by atoms with Crippen LogP contribution in [0, 0.1) is 5.82 Å². The molecule has 7 heteroatoms. The Bertz CT molecular complexity index is 1290. The molecular formula is C32H39FN4O2. The highest BCUT2D eigenvalue weighted by atomic mass is 19.1. The monoisotopic (exact) mass is 530 g/mol. The number of piperazine rings is 1. The first kappa shape index (κ1) is 29.6. The molecule has 0 aromatic heterocycles. The highest BCUT2D eigenvalue weighted by Gasteiger charge is 2.26. The molecule has 206 valence electrons. The van der Waals surface area contributed by atoms with Crippen molar-refractivity contribution in [2.45, 2.75) is 46.5 Å². The van der Waals surface area contributed by atoms with Crippen molar-refractivity contribution in [1.82, 2.24) is 9.80 Å². The number of aliphatic imine (C=N–C) groups is 1. The summed E-state index contributed by atoms with van der Waals surface area (Å²) in [4.78, 5) is 34.0. The van der Waals surface area contributed by atoms with Gasteiger partial charge < -0.3 is 15.5 Å². The molecule has 0 unspecified atom stereocenters. The Kier molecular flexibility index (Phi) is 10.8. The van der Waals surface area contributed by atoms with Gasteiger partial charge in [0.25, 0.3) is 11.8 Å². The van der Waals surface area contributed by atoms with E-state index in [2.05, 4.69) is 45.5 Å². The Morgan fingerprint density at radius 3 is 2.28 bits per heavy atom. The van der Waals surface area contributed by atoms with Crippen molar-refractivity contribution in [2.75, 3.05) is 26.2 Å². The average Bonchev–Trinajstić information content (AvgIpc) is 2.95. The Balaban J connectivity index is 1.76. The fraction of sp³-hybridized carbons (Fsp3) is 0.344. The van der Waals surface area contributed by atoms with Gasteiger partial charge >= 0.3 is 0 Å². The van der Waals surface area contributed by atoms with Crippen molar-refractivity contribution in [3.05, 3.63) is 101 Å². The molecule has 0 saturated carbocycles. The van der Waals surface area contributed by atoms with Gasteiger partial charge in [-0.05, 0) is 66.8 Å². The Labute approximate surface area is 231 Å². The van der Waals surface area contributed by atoms with Crippen molar-refractivity contribution in [3.8, 4) is 0 Å². The number of carbonyl (C=O) groups is 2. The van der Waals surface area contributed by atoms with E-state index in [0.717, 1.165) is 30.5 Å². The number of hydrogen-bond acceptors (Lipinski definition) is 4. The lowest BCUT2D eigenvalue weighted by atomic mass is 9.98. The molecule has 1 aliphatic rings. The minimum atomic E-state index is -0.452. The van der Waals surface area contributed by atoms with Gasteiger partial charge in [-0.3, -0.25) is 14.6 Å². The zero-order valence-electron chi connectivity index (χ0n) is 23.3. The molecular weight excluding hydrogens is 491 g/mol. The number of amides is 2. The maximum atomic E-state index is 13.5. The standard InChI is InChI=1S/C32H39FN4O2/c1-5-10-28(35-30(11-6-2)25-15-14-23(7-3)24(8-4)20-25)22-29(34)32(39)37-18-16-36(17-19-37)31(38)26-12-9-13-27(33)21-26/h6,9,11-15,20-22H,2,5,7-8,10,16-19,34H2,1,3-4H3/b29-22-,30-11-,35-28-. The second kappa shape index (κ2) is 14.2. The maximum absolute atomic E-state index is 13.5. The van der Waals surface area contributed by atoms with Crippen molar-refractivity contribution in [1.29, 1.82) is 0 Å². The highest BCUT2D eigenvalue weighted by molar-refractivity contribution is 6.05. The van der Waals surface area contributed by atoms with Crippen LogP contribution >= 0.6 is 0 Å². The first-order valence-electron chi connectivity index (χ1n) is 13.6. The Hall–Kier alpha value is -4.00. The summed E-state index contributed by atoms with van der Waals surface area (Å²) < 4.78 is 13.5. The van der Waals surface area contributed by atoms with E-state index in [0.29, 0.717) is 43.9 Å². The molecule has 3 rings (SSSR count). The van der Waals surface area contributed by atoms with Crippen LogP contribution in [0.15, 0.2) is 78.0 Å². The summed E-state index contributed by atoms with van der Waals surface area (Å²) in [5.74, 6) is -0.985. The molecule has 2 aromatic rings. The number of nitrogens with two attached hydrogens (primary N) is 1. The predicted octanol–water partition coefficient (Wildman–Crippen LogP) is 5.55. The molecule has 0 bridgehead atoms. The topological polar surface area (TPSA) is 79.0 Å². The van der Waals surface area contributed by atoms with Gasteiger partial charge in [-0.25, -0.2) is 4.39 Å². The van der Waals surface area contributed by atoms with E-state index in [1.54, 1.807) is 28.0 Å². The number of allylic oxidation sites excluding steroid dienone is 3. The summed E-state index contributed by atoms with van der Waals surface area (Å²) in [6, 6.07) is 12.0. The van der Waals surface area contributed by atoms with Gasteiger partial charge in [0.05, 0.1) is 11.4 Å². The number of hydrogen-bond donors (Lipinski definition) is 1. The molecule has 1 aliphatic heterocycles. The number of benzene rings is 2. The van der Waals surface area contributed by atoms with E-state index in [1.807, 2.05) is 6.08 Å². The fourth-order valence-electron chi connectivity index (χ4n) is 4.68. The first-order valence-corrected chi connectivity index (χ1v) is 13.6. The Morgan fingerprint density at radius 2 is 1.67 bits per heavy atom. The van der Waals surface area contributed by atoms with Crippen LogP contribution in [-0.2, 0) is 17.6 Å². The lowest BCUT2D eigenvalue weighted by Crippen LogP contribution is -2.51. The molecule has 0 radical (unpaired) electrons. The molecule has 0 spiro atoms.